The van der Waals surface area contributed by atoms with Crippen LogP contribution in [0.25, 0.3) is 0 Å². The zero-order valence-corrected chi connectivity index (χ0v) is 19.5. The standard InChI is InChI=1S/C20H31N3O5S2/c1-20(2,3)28-19(25)22-12-8-15(9-13-22)18(24)21-14-16-6-7-17(29-16)30(26,27)23-10-4-5-11-23/h6-7,15H,4-5,8-14H2,1-3H3,(H,21,24). The number of thiophene rings is 1. The summed E-state index contributed by atoms with van der Waals surface area (Å²) >= 11 is 1.21. The van der Waals surface area contributed by atoms with Crippen LogP contribution in [0.1, 0.15) is 51.3 Å². The zero-order chi connectivity index (χ0) is 21.9. The van der Waals surface area contributed by atoms with Crippen LogP contribution in [0.2, 0.25) is 0 Å². The van der Waals surface area contributed by atoms with E-state index in [1.54, 1.807) is 17.0 Å². The molecule has 2 aliphatic heterocycles. The molecule has 0 spiro atoms. The Morgan fingerprint density at radius 1 is 1.13 bits per heavy atom. The van der Waals surface area contributed by atoms with E-state index in [0.717, 1.165) is 17.7 Å². The molecule has 30 heavy (non-hydrogen) atoms. The molecule has 2 fully saturated rings. The van der Waals surface area contributed by atoms with Crippen LogP contribution in [-0.4, -0.2) is 61.4 Å². The second-order valence-electron chi connectivity index (χ2n) is 8.79. The molecule has 2 aliphatic rings. The van der Waals surface area contributed by atoms with Gasteiger partial charge >= 0.3 is 6.09 Å². The van der Waals surface area contributed by atoms with E-state index in [1.165, 1.54) is 15.6 Å². The molecule has 0 atom stereocenters. The Hall–Kier alpha value is -1.65. The molecule has 168 valence electrons. The summed E-state index contributed by atoms with van der Waals surface area (Å²) in [4.78, 5) is 27.1. The lowest BCUT2D eigenvalue weighted by Gasteiger charge is -2.32. The second-order valence-corrected chi connectivity index (χ2v) is 12.1. The summed E-state index contributed by atoms with van der Waals surface area (Å²) in [5.74, 6) is -0.215. The predicted octanol–water partition coefficient (Wildman–Crippen LogP) is 2.80. The Bertz CT molecular complexity index is 861. The zero-order valence-electron chi connectivity index (χ0n) is 17.8. The number of rotatable bonds is 5. The average Bonchev–Trinajstić information content (AvgIpc) is 3.37. The van der Waals surface area contributed by atoms with Gasteiger partial charge in [0.2, 0.25) is 5.91 Å². The molecule has 1 N–H and O–H groups in total. The number of carbonyl (C=O) groups is 2. The fraction of sp³-hybridized carbons (Fsp3) is 0.700. The summed E-state index contributed by atoms with van der Waals surface area (Å²) in [6, 6.07) is 3.39. The maximum absolute atomic E-state index is 12.6. The van der Waals surface area contributed by atoms with Gasteiger partial charge < -0.3 is 15.0 Å². The highest BCUT2D eigenvalue weighted by Gasteiger charge is 2.31. The van der Waals surface area contributed by atoms with Gasteiger partial charge in [-0.15, -0.1) is 11.3 Å². The lowest BCUT2D eigenvalue weighted by Crippen LogP contribution is -2.44. The lowest BCUT2D eigenvalue weighted by atomic mass is 9.96. The maximum atomic E-state index is 12.6. The molecule has 0 radical (unpaired) electrons. The van der Waals surface area contributed by atoms with E-state index >= 15 is 0 Å². The number of amides is 2. The van der Waals surface area contributed by atoms with Gasteiger partial charge in [-0.3, -0.25) is 4.79 Å². The summed E-state index contributed by atoms with van der Waals surface area (Å²) in [5, 5.41) is 2.91. The molecule has 3 rings (SSSR count). The van der Waals surface area contributed by atoms with Crippen LogP contribution in [0.3, 0.4) is 0 Å². The van der Waals surface area contributed by atoms with E-state index < -0.39 is 15.6 Å². The molecule has 3 heterocycles. The maximum Gasteiger partial charge on any atom is 0.410 e. The molecule has 2 saturated heterocycles. The number of nitrogens with zero attached hydrogens (tertiary/aromatic N) is 2. The highest BCUT2D eigenvalue weighted by atomic mass is 32.2. The van der Waals surface area contributed by atoms with Crippen molar-refractivity contribution in [2.75, 3.05) is 26.2 Å². The number of likely N-dealkylation sites (tertiary alicyclic amines) is 1. The monoisotopic (exact) mass is 457 g/mol. The fourth-order valence-electron chi connectivity index (χ4n) is 3.62. The summed E-state index contributed by atoms with van der Waals surface area (Å²) in [5.41, 5.74) is -0.535. The number of ether oxygens (including phenoxy) is 1. The van der Waals surface area contributed by atoms with Crippen LogP contribution in [0, 0.1) is 5.92 Å². The van der Waals surface area contributed by atoms with Gasteiger partial charge in [-0.2, -0.15) is 4.31 Å². The van der Waals surface area contributed by atoms with Gasteiger partial charge in [0.1, 0.15) is 9.81 Å². The van der Waals surface area contributed by atoms with E-state index in [0.29, 0.717) is 49.8 Å². The van der Waals surface area contributed by atoms with Gasteiger partial charge in [0.15, 0.2) is 0 Å². The molecule has 10 heteroatoms. The summed E-state index contributed by atoms with van der Waals surface area (Å²) in [7, 11) is -3.41. The van der Waals surface area contributed by atoms with Crippen molar-refractivity contribution >= 4 is 33.4 Å². The first-order valence-electron chi connectivity index (χ1n) is 10.4. The second kappa shape index (κ2) is 9.23. The first-order valence-corrected chi connectivity index (χ1v) is 12.7. The number of carbonyl (C=O) groups excluding carboxylic acids is 2. The van der Waals surface area contributed by atoms with Crippen LogP contribution in [0.15, 0.2) is 16.3 Å². The minimum absolute atomic E-state index is 0.0591. The molecule has 0 aromatic carbocycles. The van der Waals surface area contributed by atoms with Gasteiger partial charge in [0.25, 0.3) is 10.0 Å². The Morgan fingerprint density at radius 2 is 1.77 bits per heavy atom. The topological polar surface area (TPSA) is 96.0 Å². The number of sulfonamides is 1. The van der Waals surface area contributed by atoms with Crippen molar-refractivity contribution in [2.45, 2.75) is 62.8 Å². The Morgan fingerprint density at radius 3 is 2.37 bits per heavy atom. The van der Waals surface area contributed by atoms with E-state index in [-0.39, 0.29) is 17.9 Å². The third kappa shape index (κ3) is 5.73. The summed E-state index contributed by atoms with van der Waals surface area (Å²) in [6.45, 7) is 7.94. The number of piperidine rings is 1. The van der Waals surface area contributed by atoms with Crippen molar-refractivity contribution in [1.82, 2.24) is 14.5 Å². The number of hydrogen-bond acceptors (Lipinski definition) is 6. The Balaban J connectivity index is 1.47. The highest BCUT2D eigenvalue weighted by Crippen LogP contribution is 2.27. The largest absolute Gasteiger partial charge is 0.444 e. The molecule has 0 bridgehead atoms. The van der Waals surface area contributed by atoms with Crippen molar-refractivity contribution in [1.29, 1.82) is 0 Å². The minimum Gasteiger partial charge on any atom is -0.444 e. The molecule has 2 amide bonds. The molecule has 0 aliphatic carbocycles. The summed E-state index contributed by atoms with van der Waals surface area (Å²) < 4.78 is 32.5. The van der Waals surface area contributed by atoms with Gasteiger partial charge in [-0.05, 0) is 58.6 Å². The quantitative estimate of drug-likeness (QED) is 0.733. The number of hydrogen-bond donors (Lipinski definition) is 1. The normalized spacial score (nSPS) is 19.1. The van der Waals surface area contributed by atoms with E-state index in [4.69, 9.17) is 4.74 Å². The van der Waals surface area contributed by atoms with E-state index in [1.807, 2.05) is 20.8 Å². The molecular weight excluding hydrogens is 426 g/mol. The van der Waals surface area contributed by atoms with Gasteiger partial charge in [-0.1, -0.05) is 0 Å². The predicted molar refractivity (Wildman–Crippen MR) is 115 cm³/mol. The van der Waals surface area contributed by atoms with Crippen molar-refractivity contribution in [3.05, 3.63) is 17.0 Å². The molecule has 1 aromatic rings. The van der Waals surface area contributed by atoms with Crippen LogP contribution in [0.4, 0.5) is 4.79 Å². The van der Waals surface area contributed by atoms with Gasteiger partial charge in [0.05, 0.1) is 6.54 Å². The Kier molecular flexibility index (Phi) is 7.09. The van der Waals surface area contributed by atoms with Crippen molar-refractivity contribution in [3.63, 3.8) is 0 Å². The molecule has 0 saturated carbocycles. The Labute approximate surface area is 182 Å². The van der Waals surface area contributed by atoms with Crippen LogP contribution >= 0.6 is 11.3 Å². The van der Waals surface area contributed by atoms with Crippen molar-refractivity contribution in [2.24, 2.45) is 5.92 Å². The smallest absolute Gasteiger partial charge is 0.410 e. The van der Waals surface area contributed by atoms with Gasteiger partial charge in [0, 0.05) is 37.0 Å². The van der Waals surface area contributed by atoms with Crippen LogP contribution in [0.5, 0.6) is 0 Å². The van der Waals surface area contributed by atoms with Crippen LogP contribution in [-0.2, 0) is 26.1 Å². The van der Waals surface area contributed by atoms with Gasteiger partial charge in [-0.25, -0.2) is 13.2 Å². The average molecular weight is 458 g/mol. The SMILES string of the molecule is CC(C)(C)OC(=O)N1CCC(C(=O)NCc2ccc(S(=O)(=O)N3CCCC3)s2)CC1. The number of nitrogens with one attached hydrogen (secondary N) is 1. The molecule has 8 nitrogen and oxygen atoms in total. The molecule has 0 unspecified atom stereocenters. The lowest BCUT2D eigenvalue weighted by molar-refractivity contribution is -0.126. The van der Waals surface area contributed by atoms with Crippen molar-refractivity contribution < 1.29 is 22.7 Å². The summed E-state index contributed by atoms with van der Waals surface area (Å²) in [6.07, 6.45) is 2.64. The first-order chi connectivity index (χ1) is 14.1. The third-order valence-corrected chi connectivity index (χ3v) is 8.70. The first kappa shape index (κ1) is 23.0. The molecular formula is C20H31N3O5S2. The fourth-order valence-corrected chi connectivity index (χ4v) is 6.58. The highest BCUT2D eigenvalue weighted by molar-refractivity contribution is 7.91. The van der Waals surface area contributed by atoms with Crippen molar-refractivity contribution in [3.8, 4) is 0 Å². The van der Waals surface area contributed by atoms with E-state index in [2.05, 4.69) is 5.32 Å². The van der Waals surface area contributed by atoms with Crippen LogP contribution < -0.4 is 5.32 Å². The third-order valence-electron chi connectivity index (χ3n) is 5.25. The minimum atomic E-state index is -3.41. The molecule has 1 aromatic heterocycles. The van der Waals surface area contributed by atoms with E-state index in [9.17, 15) is 18.0 Å².